The van der Waals surface area contributed by atoms with Crippen molar-refractivity contribution in [1.29, 1.82) is 0 Å². The van der Waals surface area contributed by atoms with Crippen LogP contribution < -0.4 is 0 Å². The molecule has 2 atom stereocenters. The van der Waals surface area contributed by atoms with Gasteiger partial charge in [0.2, 0.25) is 0 Å². The Morgan fingerprint density at radius 3 is 2.50 bits per heavy atom. The third-order valence-electron chi connectivity index (χ3n) is 4.93. The SMILES string of the molecule is O=C1Cc2c(Cl)c(O)cc(O)c2C(=O)O[C@H](c2ccccc2)C/C=C/CCC(Cl)C1. The number of carbonyl (C=O) groups is 2. The molecule has 30 heavy (non-hydrogen) atoms. The van der Waals surface area contributed by atoms with E-state index in [1.807, 2.05) is 42.5 Å². The highest BCUT2D eigenvalue weighted by Crippen LogP contribution is 2.38. The largest absolute Gasteiger partial charge is 0.507 e. The molecule has 0 spiro atoms. The van der Waals surface area contributed by atoms with E-state index in [2.05, 4.69) is 0 Å². The summed E-state index contributed by atoms with van der Waals surface area (Å²) in [7, 11) is 0. The molecular weight excluding hydrogens is 427 g/mol. The van der Waals surface area contributed by atoms with Gasteiger partial charge in [-0.15, -0.1) is 11.6 Å². The average molecular weight is 449 g/mol. The fraction of sp³-hybridized carbons (Fsp3) is 0.304. The number of allylic oxidation sites excluding steroid dienone is 1. The minimum Gasteiger partial charge on any atom is -0.507 e. The zero-order chi connectivity index (χ0) is 21.7. The highest BCUT2D eigenvalue weighted by Gasteiger charge is 2.28. The molecule has 2 aromatic carbocycles. The van der Waals surface area contributed by atoms with Gasteiger partial charge in [0.05, 0.1) is 5.02 Å². The van der Waals surface area contributed by atoms with E-state index in [1.165, 1.54) is 0 Å². The molecule has 5 nitrogen and oxygen atoms in total. The van der Waals surface area contributed by atoms with E-state index >= 15 is 0 Å². The number of alkyl halides is 1. The first-order valence-corrected chi connectivity index (χ1v) is 10.5. The predicted molar refractivity (Wildman–Crippen MR) is 115 cm³/mol. The second kappa shape index (κ2) is 10.0. The molecule has 1 heterocycles. The van der Waals surface area contributed by atoms with E-state index < -0.39 is 23.6 Å². The van der Waals surface area contributed by atoms with Crippen LogP contribution in [0.4, 0.5) is 0 Å². The number of hydrogen-bond donors (Lipinski definition) is 2. The second-order valence-electron chi connectivity index (χ2n) is 7.19. The van der Waals surface area contributed by atoms with Crippen LogP contribution in [0.2, 0.25) is 5.02 Å². The molecule has 7 heteroatoms. The molecule has 0 saturated carbocycles. The molecule has 3 rings (SSSR count). The van der Waals surface area contributed by atoms with Crippen LogP contribution in [0.5, 0.6) is 11.5 Å². The fourth-order valence-electron chi connectivity index (χ4n) is 3.42. The molecule has 1 unspecified atom stereocenters. The minimum atomic E-state index is -0.820. The number of aromatic hydroxyl groups is 2. The summed E-state index contributed by atoms with van der Waals surface area (Å²) < 4.78 is 5.71. The molecule has 0 aromatic heterocycles. The molecule has 1 aliphatic rings. The van der Waals surface area contributed by atoms with Crippen LogP contribution in [-0.2, 0) is 16.0 Å². The summed E-state index contributed by atoms with van der Waals surface area (Å²) >= 11 is 12.5. The molecule has 2 N–H and O–H groups in total. The number of ether oxygens (including phenoxy) is 1. The van der Waals surface area contributed by atoms with Crippen molar-refractivity contribution >= 4 is 35.0 Å². The van der Waals surface area contributed by atoms with Gasteiger partial charge in [-0.3, -0.25) is 4.79 Å². The van der Waals surface area contributed by atoms with Gasteiger partial charge >= 0.3 is 5.97 Å². The number of fused-ring (bicyclic) bond motifs is 1. The summed E-state index contributed by atoms with van der Waals surface area (Å²) in [5.41, 5.74) is 0.603. The van der Waals surface area contributed by atoms with Gasteiger partial charge in [0.25, 0.3) is 0 Å². The van der Waals surface area contributed by atoms with E-state index in [1.54, 1.807) is 0 Å². The summed E-state index contributed by atoms with van der Waals surface area (Å²) in [6, 6.07) is 10.2. The first-order valence-electron chi connectivity index (χ1n) is 9.66. The standard InChI is InChI=1S/C23H22Cl2O5/c24-15-9-5-2-6-10-20(14-7-3-1-4-8-14)30-23(29)21-17(12-16(26)11-15)22(25)19(28)13-18(21)27/h1-4,6-8,13,15,20,27-28H,5,9-12H2/b6-2+/t15?,20-/m0/s1. The Bertz CT molecular complexity index is 956. The van der Waals surface area contributed by atoms with E-state index in [4.69, 9.17) is 27.9 Å². The van der Waals surface area contributed by atoms with Gasteiger partial charge in [-0.05, 0) is 18.4 Å². The Morgan fingerprint density at radius 1 is 1.03 bits per heavy atom. The Kier molecular flexibility index (Phi) is 7.40. The molecule has 0 aliphatic carbocycles. The van der Waals surface area contributed by atoms with Crippen LogP contribution in [0.15, 0.2) is 48.6 Å². The van der Waals surface area contributed by atoms with Crippen molar-refractivity contribution in [2.45, 2.75) is 43.6 Å². The number of rotatable bonds is 1. The monoisotopic (exact) mass is 448 g/mol. The minimum absolute atomic E-state index is 0.0347. The molecular formula is C23H22Cl2O5. The van der Waals surface area contributed by atoms with Gasteiger partial charge in [-0.25, -0.2) is 4.79 Å². The van der Waals surface area contributed by atoms with Gasteiger partial charge in [0.1, 0.15) is 28.9 Å². The Labute approximate surface area is 184 Å². The van der Waals surface area contributed by atoms with Gasteiger partial charge in [0.15, 0.2) is 0 Å². The summed E-state index contributed by atoms with van der Waals surface area (Å²) in [5, 5.41) is 19.8. The van der Waals surface area contributed by atoms with Gasteiger partial charge in [-0.1, -0.05) is 54.1 Å². The number of phenols is 2. The van der Waals surface area contributed by atoms with Crippen molar-refractivity contribution < 1.29 is 24.5 Å². The third kappa shape index (κ3) is 5.35. The van der Waals surface area contributed by atoms with Crippen LogP contribution in [-0.4, -0.2) is 27.3 Å². The molecule has 0 bridgehead atoms. The number of phenolic OH excluding ortho intramolecular Hbond substituents is 2. The number of cyclic esters (lactones) is 1. The number of benzene rings is 2. The topological polar surface area (TPSA) is 83.8 Å². The summed E-state index contributed by atoms with van der Waals surface area (Å²) in [6.07, 6.45) is 4.84. The van der Waals surface area contributed by atoms with Crippen LogP contribution in [0.25, 0.3) is 0 Å². The number of esters is 1. The maximum Gasteiger partial charge on any atom is 0.342 e. The van der Waals surface area contributed by atoms with Gasteiger partial charge in [-0.2, -0.15) is 0 Å². The normalized spacial score (nSPS) is 21.9. The van der Waals surface area contributed by atoms with E-state index in [9.17, 15) is 19.8 Å². The maximum atomic E-state index is 13.0. The number of hydrogen-bond acceptors (Lipinski definition) is 5. The van der Waals surface area contributed by atoms with Crippen molar-refractivity contribution in [2.75, 3.05) is 0 Å². The van der Waals surface area contributed by atoms with Gasteiger partial charge < -0.3 is 14.9 Å². The Hall–Kier alpha value is -2.50. The van der Waals surface area contributed by atoms with Crippen molar-refractivity contribution in [3.63, 3.8) is 0 Å². The lowest BCUT2D eigenvalue weighted by Crippen LogP contribution is -2.17. The van der Waals surface area contributed by atoms with Crippen molar-refractivity contribution in [1.82, 2.24) is 0 Å². The summed E-state index contributed by atoms with van der Waals surface area (Å²) in [4.78, 5) is 25.5. The zero-order valence-electron chi connectivity index (χ0n) is 16.2. The van der Waals surface area contributed by atoms with Crippen LogP contribution >= 0.6 is 23.2 Å². The molecule has 2 aromatic rings. The van der Waals surface area contributed by atoms with Crippen LogP contribution in [0, 0.1) is 0 Å². The first kappa shape index (κ1) is 22.2. The third-order valence-corrected chi connectivity index (χ3v) is 5.73. The fourth-order valence-corrected chi connectivity index (χ4v) is 3.93. The molecule has 0 fully saturated rings. The summed E-state index contributed by atoms with van der Waals surface area (Å²) in [6.45, 7) is 0. The predicted octanol–water partition coefficient (Wildman–Crippen LogP) is 5.50. The van der Waals surface area contributed by atoms with Crippen molar-refractivity contribution in [3.05, 3.63) is 70.3 Å². The average Bonchev–Trinajstić information content (AvgIpc) is 2.70. The first-order chi connectivity index (χ1) is 14.4. The Balaban J connectivity index is 2.05. The molecule has 158 valence electrons. The zero-order valence-corrected chi connectivity index (χ0v) is 17.7. The number of Topliss-reactive ketones (excluding diaryl/α,β-unsaturated/α-hetero) is 1. The number of carbonyl (C=O) groups excluding carboxylic acids is 2. The molecule has 1 aliphatic heterocycles. The van der Waals surface area contributed by atoms with Crippen LogP contribution in [0.1, 0.15) is 53.3 Å². The molecule has 0 saturated heterocycles. The summed E-state index contributed by atoms with van der Waals surface area (Å²) in [5.74, 6) is -1.99. The van der Waals surface area contributed by atoms with Crippen molar-refractivity contribution in [3.8, 4) is 11.5 Å². The lowest BCUT2D eigenvalue weighted by molar-refractivity contribution is -0.118. The van der Waals surface area contributed by atoms with Crippen LogP contribution in [0.3, 0.4) is 0 Å². The quantitative estimate of drug-likeness (QED) is 0.341. The van der Waals surface area contributed by atoms with Gasteiger partial charge in [0, 0.05) is 36.3 Å². The number of ketones is 1. The maximum absolute atomic E-state index is 13.0. The Morgan fingerprint density at radius 2 is 1.77 bits per heavy atom. The van der Waals surface area contributed by atoms with E-state index in [0.717, 1.165) is 11.6 Å². The smallest absolute Gasteiger partial charge is 0.342 e. The van der Waals surface area contributed by atoms with E-state index in [0.29, 0.717) is 19.3 Å². The number of halogens is 2. The molecule has 0 radical (unpaired) electrons. The van der Waals surface area contributed by atoms with E-state index in [-0.39, 0.29) is 40.2 Å². The van der Waals surface area contributed by atoms with Crippen molar-refractivity contribution in [2.24, 2.45) is 0 Å². The highest BCUT2D eigenvalue weighted by molar-refractivity contribution is 6.33. The molecule has 0 amide bonds. The highest BCUT2D eigenvalue weighted by atomic mass is 35.5. The second-order valence-corrected chi connectivity index (χ2v) is 8.18. The lowest BCUT2D eigenvalue weighted by Gasteiger charge is -2.20. The lowest BCUT2D eigenvalue weighted by atomic mass is 9.97.